The van der Waals surface area contributed by atoms with Crippen molar-refractivity contribution in [3.8, 4) is 0 Å². The largest absolute Gasteiger partial charge is 0.457 e. The van der Waals surface area contributed by atoms with Gasteiger partial charge >= 0.3 is 11.9 Å². The van der Waals surface area contributed by atoms with Crippen LogP contribution < -0.4 is 11.5 Å². The predicted molar refractivity (Wildman–Crippen MR) is 205 cm³/mol. The molecule has 0 radical (unpaired) electrons. The number of oxime groups is 2. The quantitative estimate of drug-likeness (QED) is 0.0612. The molecular weight excluding hydrogens is 790 g/mol. The summed E-state index contributed by atoms with van der Waals surface area (Å²) < 4.78 is 19.9. The highest BCUT2D eigenvalue weighted by atomic mass is 35.5. The fourth-order valence-corrected chi connectivity index (χ4v) is 6.09. The molecule has 0 spiro atoms. The van der Waals surface area contributed by atoms with E-state index in [1.54, 1.807) is 41.5 Å². The van der Waals surface area contributed by atoms with Crippen LogP contribution in [0.1, 0.15) is 80.9 Å². The number of thiazole rings is 1. The van der Waals surface area contributed by atoms with E-state index in [9.17, 15) is 19.2 Å². The summed E-state index contributed by atoms with van der Waals surface area (Å²) in [4.78, 5) is 71.6. The molecule has 3 aromatic heterocycles. The smallest absolute Gasteiger partial charge is 0.353 e. The molecule has 22 heteroatoms. The second kappa shape index (κ2) is 17.2. The van der Waals surface area contributed by atoms with Gasteiger partial charge in [-0.25, -0.2) is 14.6 Å². The number of fused-ring (bicyclic) bond motifs is 1. The molecule has 0 fully saturated rings. The first-order valence-corrected chi connectivity index (χ1v) is 18.9. The molecule has 4 N–H and O–H groups in total. The first-order chi connectivity index (χ1) is 24.4. The number of esters is 2. The van der Waals surface area contributed by atoms with Gasteiger partial charge in [0.2, 0.25) is 34.3 Å². The molecule has 0 unspecified atom stereocenters. The van der Waals surface area contributed by atoms with Crippen molar-refractivity contribution in [1.82, 2.24) is 23.7 Å². The topological polar surface area (TPSA) is 246 Å². The number of para-hydroxylation sites is 1. The van der Waals surface area contributed by atoms with Crippen LogP contribution in [0, 0.1) is 0 Å². The third-order valence-electron chi connectivity index (χ3n) is 5.65. The molecule has 0 aliphatic rings. The monoisotopic (exact) mass is 827 g/mol. The van der Waals surface area contributed by atoms with Crippen LogP contribution in [0.2, 0.25) is 0 Å². The number of thioether (sulfide) groups is 1. The van der Waals surface area contributed by atoms with Gasteiger partial charge < -0.3 is 30.6 Å². The normalized spacial score (nSPS) is 12.8. The summed E-state index contributed by atoms with van der Waals surface area (Å²) in [5.74, 6) is -1.32. The van der Waals surface area contributed by atoms with Crippen LogP contribution in [0.25, 0.3) is 10.2 Å². The summed E-state index contributed by atoms with van der Waals surface area (Å²) in [7, 11) is 0. The number of nitrogens with two attached hydrogens (primary N) is 2. The van der Waals surface area contributed by atoms with E-state index >= 15 is 0 Å². The van der Waals surface area contributed by atoms with Crippen molar-refractivity contribution in [3.05, 3.63) is 35.9 Å². The molecule has 286 valence electrons. The summed E-state index contributed by atoms with van der Waals surface area (Å²) in [6, 6.07) is 7.56. The number of nitrogens with zero attached hydrogens (tertiary/aromatic N) is 7. The van der Waals surface area contributed by atoms with Crippen molar-refractivity contribution >= 4 is 112 Å². The van der Waals surface area contributed by atoms with Gasteiger partial charge in [-0.15, -0.1) is 11.3 Å². The molecule has 4 rings (SSSR count). The number of benzene rings is 1. The summed E-state index contributed by atoms with van der Waals surface area (Å²) in [6.45, 7) is 16.3. The second-order valence-corrected chi connectivity index (χ2v) is 17.8. The van der Waals surface area contributed by atoms with E-state index in [1.165, 1.54) is 39.0 Å². The van der Waals surface area contributed by atoms with Crippen LogP contribution in [0.5, 0.6) is 0 Å². The number of carbonyl (C=O) groups is 4. The van der Waals surface area contributed by atoms with Gasteiger partial charge in [-0.2, -0.15) is 18.7 Å². The summed E-state index contributed by atoms with van der Waals surface area (Å²) in [5.41, 5.74) is 7.13. The minimum absolute atomic E-state index is 0.0149. The van der Waals surface area contributed by atoms with E-state index in [2.05, 4.69) is 34.0 Å². The maximum absolute atomic E-state index is 13.0. The minimum Gasteiger partial charge on any atom is -0.457 e. The molecule has 0 amide bonds. The Hall–Kier alpha value is -4.31. The van der Waals surface area contributed by atoms with Crippen LogP contribution in [0.4, 0.5) is 10.3 Å². The van der Waals surface area contributed by atoms with E-state index < -0.39 is 44.7 Å². The Kier molecular flexibility index (Phi) is 14.0. The average Bonchev–Trinajstić information content (AvgIpc) is 3.75. The number of carbonyl (C=O) groups excluding carboxylic acids is 4. The summed E-state index contributed by atoms with van der Waals surface area (Å²) in [6.07, 6.45) is 0. The molecule has 0 saturated heterocycles. The predicted octanol–water partition coefficient (Wildman–Crippen LogP) is 5.62. The number of ether oxygens (including phenoxy) is 2. The number of hydrogen-bond donors (Lipinski definition) is 2. The molecule has 0 aliphatic carbocycles. The SMILES string of the molecule is CC(C)(C)OC(=O)C(C)(C)O/N=C(\C(=O)Cl)c1nsc(N)n1.CC(C)(C)OC(=O)C(C)(C)O/N=C(\C(=O)Sc1nc2ccccc2s1)c1nsc(N)n1. The molecule has 0 atom stereocenters. The van der Waals surface area contributed by atoms with Crippen LogP contribution in [0.3, 0.4) is 0 Å². The second-order valence-electron chi connectivity index (χ2n) is 13.6. The highest BCUT2D eigenvalue weighted by Crippen LogP contribution is 2.31. The van der Waals surface area contributed by atoms with Gasteiger partial charge in [-0.05, 0) is 105 Å². The number of hydrogen-bond acceptors (Lipinski definition) is 21. The lowest BCUT2D eigenvalue weighted by atomic mass is 10.1. The number of anilines is 2. The standard InChI is InChI=1S/C19H21N5O4S3.C12H17ClN4O4S/c1-18(2,3)27-15(26)19(4,5)28-23-12(13-22-16(20)31-24-13)14(25)30-17-21-10-8-6-7-9-11(10)29-17;1-11(2,3)20-9(19)12(4,5)21-16-6(7(13)18)8-15-10(14)22-17-8/h6-9H,1-5H3,(H2,20,22,24);1-5H3,(H2,14,15,17)/b23-12-;16-6+. The summed E-state index contributed by atoms with van der Waals surface area (Å²) in [5, 5.41) is 6.42. The Labute approximate surface area is 326 Å². The highest BCUT2D eigenvalue weighted by molar-refractivity contribution is 8.16. The molecule has 3 heterocycles. The van der Waals surface area contributed by atoms with E-state index in [1.807, 2.05) is 24.3 Å². The first kappa shape index (κ1) is 43.1. The highest BCUT2D eigenvalue weighted by Gasteiger charge is 2.37. The molecule has 0 bridgehead atoms. The zero-order valence-electron chi connectivity index (χ0n) is 30.4. The third-order valence-corrected chi connectivity index (χ3v) is 8.89. The average molecular weight is 828 g/mol. The number of aromatic nitrogens is 5. The van der Waals surface area contributed by atoms with Crippen LogP contribution in [-0.4, -0.2) is 79.8 Å². The van der Waals surface area contributed by atoms with Gasteiger partial charge in [-0.3, -0.25) is 9.59 Å². The lowest BCUT2D eigenvalue weighted by Gasteiger charge is -2.26. The van der Waals surface area contributed by atoms with Crippen LogP contribution in [0.15, 0.2) is 38.9 Å². The van der Waals surface area contributed by atoms with E-state index in [4.69, 9.17) is 42.2 Å². The molecule has 0 aliphatic heterocycles. The van der Waals surface area contributed by atoms with Crippen molar-refractivity contribution in [3.63, 3.8) is 0 Å². The maximum Gasteiger partial charge on any atom is 0.353 e. The van der Waals surface area contributed by atoms with Crippen LogP contribution >= 0.6 is 57.8 Å². The fraction of sp³-hybridized carbons (Fsp3) is 0.452. The van der Waals surface area contributed by atoms with Gasteiger partial charge in [0.1, 0.15) is 11.2 Å². The first-order valence-electron chi connectivity index (χ1n) is 15.3. The van der Waals surface area contributed by atoms with Crippen molar-refractivity contribution in [2.24, 2.45) is 10.3 Å². The fourth-order valence-electron chi connectivity index (χ4n) is 3.22. The van der Waals surface area contributed by atoms with Gasteiger partial charge in [0.15, 0.2) is 14.6 Å². The van der Waals surface area contributed by atoms with Gasteiger partial charge in [0, 0.05) is 23.1 Å². The third kappa shape index (κ3) is 13.2. The lowest BCUT2D eigenvalue weighted by Crippen LogP contribution is -2.40. The van der Waals surface area contributed by atoms with Crippen molar-refractivity contribution in [2.45, 2.75) is 96.0 Å². The lowest BCUT2D eigenvalue weighted by molar-refractivity contribution is -0.180. The summed E-state index contributed by atoms with van der Waals surface area (Å²) >= 11 is 9.47. The molecule has 0 saturated carbocycles. The molecule has 1 aromatic carbocycles. The van der Waals surface area contributed by atoms with E-state index in [-0.39, 0.29) is 33.3 Å². The van der Waals surface area contributed by atoms with Gasteiger partial charge in [-0.1, -0.05) is 22.4 Å². The van der Waals surface area contributed by atoms with E-state index in [0.717, 1.165) is 45.0 Å². The van der Waals surface area contributed by atoms with E-state index in [0.29, 0.717) is 4.34 Å². The molecule has 53 heavy (non-hydrogen) atoms. The van der Waals surface area contributed by atoms with Gasteiger partial charge in [0.05, 0.1) is 10.2 Å². The Morgan fingerprint density at radius 3 is 1.58 bits per heavy atom. The number of halogens is 1. The van der Waals surface area contributed by atoms with Gasteiger partial charge in [0.25, 0.3) is 10.4 Å². The molecule has 17 nitrogen and oxygen atoms in total. The molecule has 4 aromatic rings. The Bertz CT molecular complexity index is 1990. The van der Waals surface area contributed by atoms with Crippen molar-refractivity contribution < 1.29 is 38.3 Å². The number of nitrogen functional groups attached to an aromatic ring is 2. The maximum atomic E-state index is 13.0. The van der Waals surface area contributed by atoms with Crippen LogP contribution in [-0.2, 0) is 38.3 Å². The zero-order valence-corrected chi connectivity index (χ0v) is 34.4. The Balaban J connectivity index is 0.000000304. The zero-order chi connectivity index (χ0) is 39.9. The van der Waals surface area contributed by atoms with Crippen molar-refractivity contribution in [2.75, 3.05) is 11.5 Å². The number of rotatable bonds is 11. The molecular formula is C31H38ClN9O8S4. The Morgan fingerprint density at radius 2 is 1.17 bits per heavy atom. The minimum atomic E-state index is -1.44. The van der Waals surface area contributed by atoms with Crippen molar-refractivity contribution in [1.29, 1.82) is 0 Å². The Morgan fingerprint density at radius 1 is 0.717 bits per heavy atom.